The lowest BCUT2D eigenvalue weighted by Gasteiger charge is -2.40. The van der Waals surface area contributed by atoms with Gasteiger partial charge in [-0.05, 0) is 73.9 Å². The number of nitrogens with zero attached hydrogens (tertiary/aromatic N) is 2. The van der Waals surface area contributed by atoms with Crippen LogP contribution in [0.3, 0.4) is 0 Å². The molecule has 2 aliphatic rings. The standard InChI is InChI=1S/C46H46BClN2O13S2/c1-45(2,3)62-44(56)49(21-22-64-46(43(55)63-47)27-50-40(53)35(42(50)65(46)57)24-31(51)23-28-9-7-6-8-10-28)41(54)38(52)34-19-20-36(60-25-29-11-15-32(58-4)16-12-29)39(37(34)48)61-26-30-13-17-33(59-5)18-14-30/h6-20,35,42H,21-27H2,1-5H3/t35-,42-,46?,65?/m1/s1. The Morgan fingerprint density at radius 1 is 0.862 bits per heavy atom. The number of hydrogen-bond donors (Lipinski definition) is 0. The summed E-state index contributed by atoms with van der Waals surface area (Å²) in [5.74, 6) is -4.26. The molecule has 340 valence electrons. The lowest BCUT2D eigenvalue weighted by Crippen LogP contribution is -2.59. The van der Waals surface area contributed by atoms with E-state index < -0.39 is 68.0 Å². The number of hydrogen-bond acceptors (Lipinski definition) is 14. The van der Waals surface area contributed by atoms with Gasteiger partial charge in [-0.3, -0.25) is 28.2 Å². The Balaban J connectivity index is 1.22. The maximum absolute atomic E-state index is 14.2. The first-order valence-corrected chi connectivity index (χ1v) is 22.8. The average Bonchev–Trinajstić information content (AvgIpc) is 3.56. The van der Waals surface area contributed by atoms with Gasteiger partial charge in [-0.15, -0.1) is 11.8 Å². The zero-order chi connectivity index (χ0) is 47.1. The van der Waals surface area contributed by atoms with Crippen molar-refractivity contribution in [2.45, 2.75) is 61.9 Å². The monoisotopic (exact) mass is 944 g/mol. The Kier molecular flexibility index (Phi) is 15.7. The van der Waals surface area contributed by atoms with Gasteiger partial charge in [-0.2, -0.15) is 0 Å². The summed E-state index contributed by atoms with van der Waals surface area (Å²) in [7, 11) is 6.26. The van der Waals surface area contributed by atoms with Crippen molar-refractivity contribution in [1.82, 2.24) is 9.80 Å². The van der Waals surface area contributed by atoms with Gasteiger partial charge in [0.15, 0.2) is 11.5 Å². The first kappa shape index (κ1) is 48.6. The van der Waals surface area contributed by atoms with Crippen LogP contribution in [-0.4, -0.2) is 106 Å². The molecule has 0 spiro atoms. The van der Waals surface area contributed by atoms with Crippen LogP contribution in [0.2, 0.25) is 5.02 Å². The SMILES string of the molecule is [B]OC(=O)C1(SCCN(C(=O)OC(C)(C)C)C(=O)C(=O)c2ccc(OCc3ccc(OC)cc3)c(OCc3ccc(OC)cc3)c2Cl)CN2C(=O)[C@@H](CC(=O)Cc3ccccc3)[C@H]2S1=O. The van der Waals surface area contributed by atoms with Crippen LogP contribution in [0.25, 0.3) is 0 Å². The molecule has 0 saturated carbocycles. The van der Waals surface area contributed by atoms with Crippen molar-refractivity contribution in [2.75, 3.05) is 33.1 Å². The minimum absolute atomic E-state index is 0.0293. The fourth-order valence-electron chi connectivity index (χ4n) is 7.09. The van der Waals surface area contributed by atoms with Crippen LogP contribution in [0.15, 0.2) is 91.0 Å². The van der Waals surface area contributed by atoms with Crippen LogP contribution >= 0.6 is 23.4 Å². The van der Waals surface area contributed by atoms with Crippen LogP contribution in [0.1, 0.15) is 54.2 Å². The summed E-state index contributed by atoms with van der Waals surface area (Å²) in [6.45, 7) is 3.81. The first-order valence-electron chi connectivity index (χ1n) is 20.2. The van der Waals surface area contributed by atoms with E-state index in [1.165, 1.54) is 24.1 Å². The number of thioether (sulfide) groups is 1. The van der Waals surface area contributed by atoms with Gasteiger partial charge in [0.2, 0.25) is 9.99 Å². The summed E-state index contributed by atoms with van der Waals surface area (Å²) >= 11 is 7.61. The van der Waals surface area contributed by atoms with Crippen LogP contribution in [0.5, 0.6) is 23.0 Å². The highest BCUT2D eigenvalue weighted by Gasteiger charge is 2.67. The first-order chi connectivity index (χ1) is 31.0. The van der Waals surface area contributed by atoms with Crippen molar-refractivity contribution in [1.29, 1.82) is 0 Å². The Hall–Kier alpha value is -5.85. The molecule has 2 unspecified atom stereocenters. The number of halogens is 1. The lowest BCUT2D eigenvalue weighted by atomic mass is 9.90. The highest BCUT2D eigenvalue weighted by molar-refractivity contribution is 8.14. The lowest BCUT2D eigenvalue weighted by molar-refractivity contribution is -0.152. The number of rotatable bonds is 19. The summed E-state index contributed by atoms with van der Waals surface area (Å²) in [6, 6.07) is 25.8. The predicted octanol–water partition coefficient (Wildman–Crippen LogP) is 6.27. The fourth-order valence-corrected chi connectivity index (χ4v) is 11.2. The van der Waals surface area contributed by atoms with E-state index >= 15 is 0 Å². The van der Waals surface area contributed by atoms with E-state index in [0.717, 1.165) is 22.9 Å². The topological polar surface area (TPSA) is 181 Å². The van der Waals surface area contributed by atoms with Crippen molar-refractivity contribution in [2.24, 2.45) is 5.92 Å². The minimum atomic E-state index is -2.16. The highest BCUT2D eigenvalue weighted by atomic mass is 35.5. The number of Topliss-reactive ketones (excluding diaryl/α,β-unsaturated/α-hetero) is 2. The van der Waals surface area contributed by atoms with Crippen molar-refractivity contribution >= 4 is 77.7 Å². The quantitative estimate of drug-likeness (QED) is 0.0444. The van der Waals surface area contributed by atoms with E-state index in [0.29, 0.717) is 22.0 Å². The molecule has 6 rings (SSSR count). The van der Waals surface area contributed by atoms with Gasteiger partial charge in [-0.1, -0.05) is 66.2 Å². The van der Waals surface area contributed by atoms with Gasteiger partial charge in [0.25, 0.3) is 5.78 Å². The maximum atomic E-state index is 14.2. The van der Waals surface area contributed by atoms with Crippen molar-refractivity contribution in [3.8, 4) is 23.0 Å². The molecule has 2 aliphatic heterocycles. The number of carbonyl (C=O) groups excluding carboxylic acids is 6. The van der Waals surface area contributed by atoms with E-state index in [-0.39, 0.29) is 66.2 Å². The zero-order valence-electron chi connectivity index (χ0n) is 36.2. The summed E-state index contributed by atoms with van der Waals surface area (Å²) in [6.07, 6.45) is -1.33. The molecule has 4 aromatic rings. The molecule has 4 atom stereocenters. The summed E-state index contributed by atoms with van der Waals surface area (Å²) < 4.78 is 45.1. The molecule has 0 N–H and O–H groups in total. The molecule has 2 saturated heterocycles. The molecule has 2 heterocycles. The van der Waals surface area contributed by atoms with Gasteiger partial charge in [0.1, 0.15) is 41.5 Å². The third kappa shape index (κ3) is 11.2. The number of fused-ring (bicyclic) bond motifs is 1. The molecule has 15 nitrogen and oxygen atoms in total. The average molecular weight is 945 g/mol. The summed E-state index contributed by atoms with van der Waals surface area (Å²) in [5, 5.41) is -1.27. The molecule has 4 aromatic carbocycles. The van der Waals surface area contributed by atoms with Gasteiger partial charge in [-0.25, -0.2) is 9.69 Å². The number of ether oxygens (including phenoxy) is 5. The zero-order valence-corrected chi connectivity index (χ0v) is 38.6. The van der Waals surface area contributed by atoms with E-state index in [9.17, 15) is 33.0 Å². The Morgan fingerprint density at radius 3 is 2.03 bits per heavy atom. The third-order valence-electron chi connectivity index (χ3n) is 10.4. The number of benzene rings is 4. The van der Waals surface area contributed by atoms with Crippen LogP contribution in [-0.2, 0) is 59.0 Å². The van der Waals surface area contributed by atoms with Crippen LogP contribution < -0.4 is 18.9 Å². The van der Waals surface area contributed by atoms with Gasteiger partial charge in [0.05, 0.1) is 48.1 Å². The molecular weight excluding hydrogens is 899 g/mol. The van der Waals surface area contributed by atoms with Crippen molar-refractivity contribution in [3.63, 3.8) is 0 Å². The molecule has 0 bridgehead atoms. The number of imide groups is 1. The number of carbonyl (C=O) groups is 6. The van der Waals surface area contributed by atoms with Gasteiger partial charge >= 0.3 is 26.0 Å². The number of β-lactam (4-membered cyclic amide) rings is 1. The van der Waals surface area contributed by atoms with Crippen molar-refractivity contribution < 1.29 is 61.3 Å². The number of methoxy groups -OCH3 is 2. The van der Waals surface area contributed by atoms with Crippen molar-refractivity contribution in [3.05, 3.63) is 118 Å². The molecule has 0 aliphatic carbocycles. The Labute approximate surface area is 389 Å². The summed E-state index contributed by atoms with van der Waals surface area (Å²) in [5.41, 5.74) is 0.796. The minimum Gasteiger partial charge on any atom is -0.542 e. The van der Waals surface area contributed by atoms with Gasteiger partial charge in [0, 0.05) is 25.1 Å². The van der Waals surface area contributed by atoms with Crippen LogP contribution in [0, 0.1) is 5.92 Å². The second-order valence-corrected chi connectivity index (χ2v) is 19.8. The second kappa shape index (κ2) is 21.0. The van der Waals surface area contributed by atoms with Crippen LogP contribution in [0.4, 0.5) is 4.79 Å². The third-order valence-corrected chi connectivity index (χ3v) is 14.7. The summed E-state index contributed by atoms with van der Waals surface area (Å²) in [4.78, 5) is 83.4. The second-order valence-electron chi connectivity index (χ2n) is 16.0. The largest absolute Gasteiger partial charge is 0.542 e. The predicted molar refractivity (Wildman–Crippen MR) is 242 cm³/mol. The number of ketones is 2. The molecule has 65 heavy (non-hydrogen) atoms. The molecule has 0 aromatic heterocycles. The molecule has 19 heteroatoms. The molecule has 3 amide bonds. The van der Waals surface area contributed by atoms with E-state index in [4.69, 9.17) is 43.3 Å². The van der Waals surface area contributed by atoms with E-state index in [1.807, 2.05) is 6.07 Å². The van der Waals surface area contributed by atoms with E-state index in [2.05, 4.69) is 4.65 Å². The molecular formula is C46H46BClN2O13S2. The maximum Gasteiger partial charge on any atom is 0.417 e. The fraction of sp³-hybridized carbons (Fsp3) is 0.348. The smallest absolute Gasteiger partial charge is 0.417 e. The van der Waals surface area contributed by atoms with Gasteiger partial charge < -0.3 is 33.2 Å². The molecule has 2 radical (unpaired) electrons. The molecule has 2 fully saturated rings. The normalized spacial score (nSPS) is 18.7. The Morgan fingerprint density at radius 2 is 1.46 bits per heavy atom. The van der Waals surface area contributed by atoms with E-state index in [1.54, 1.807) is 101 Å². The number of amides is 3. The highest BCUT2D eigenvalue weighted by Crippen LogP contribution is 2.49. The Bertz CT molecular complexity index is 2450.